The summed E-state index contributed by atoms with van der Waals surface area (Å²) in [6.07, 6.45) is -1.96. The number of hydrogen-bond acceptors (Lipinski definition) is 19. The number of aromatic amines is 1. The minimum Gasteiger partial charge on any atom is -0.508 e. The molecule has 1 aliphatic heterocycles. The first-order valence-electron chi connectivity index (χ1n) is 36.2. The number of nitrogens with one attached hydrogen (secondary N) is 14. The van der Waals surface area contributed by atoms with Gasteiger partial charge in [0.2, 0.25) is 76.8 Å². The van der Waals surface area contributed by atoms with Crippen molar-refractivity contribution >= 4 is 111 Å². The lowest BCUT2D eigenvalue weighted by Gasteiger charge is -2.30. The second kappa shape index (κ2) is 44.6. The molecule has 1 fully saturated rings. The van der Waals surface area contributed by atoms with Crippen molar-refractivity contribution in [2.75, 3.05) is 25.1 Å². The number of benzene rings is 3. The number of phenols is 1. The standard InChI is InChI=1S/C74H104N14O20S/c1-9-40(4)61-71(104)88-63(43(7)90)73(106)84-55(36-46-37-76-49-21-14-13-20-48(46)49)68(101)83-53(35-45-25-27-47(91)28-26-45)67(100)80-50(29-30-59(95)96)65(98)82-54(34-44-18-11-10-12-19-44)69(102)86-60(39(2)3)70(103)78-41(5)64(97)77-38-58(94)85-62(42(6)89)72(105)81-52(74(107)108)22-15-16-32-75-56(92)23-17-24-57(93)79-51(31-33-109-8)66(99)87-61/h10-14,18-21,25-28,37,39-43,50-55,60-63,76,89-91H,9,15-17,22-24,29-36,38H2,1-8H3,(H,75,92)(H,77,97)(H,78,103)(H,79,93)(H,80,100)(H,81,105)(H,82,98)(H,83,101)(H,84,106)(H,85,94)(H,86,102)(H,87,99)(H,88,104)(H,95,96)(H,107,108). The molecule has 14 unspecified atom stereocenters. The number of hydrogen-bond donors (Lipinski definition) is 19. The fraction of sp³-hybridized carbons (Fsp3) is 0.527. The molecule has 3 aromatic carbocycles. The number of aromatic hydroxyl groups is 1. The molecule has 1 aromatic heterocycles. The molecule has 1 aliphatic rings. The van der Waals surface area contributed by atoms with Gasteiger partial charge in [-0.15, -0.1) is 0 Å². The number of thioether (sulfide) groups is 1. The van der Waals surface area contributed by atoms with Gasteiger partial charge in [-0.1, -0.05) is 94.8 Å². The number of fused-ring (bicyclic) bond motifs is 1. The zero-order valence-electron chi connectivity index (χ0n) is 62.3. The van der Waals surface area contributed by atoms with Crippen molar-refractivity contribution in [3.63, 3.8) is 0 Å². The number of carboxylic acids is 2. The Morgan fingerprint density at radius 1 is 0.495 bits per heavy atom. The molecule has 0 bridgehead atoms. The van der Waals surface area contributed by atoms with Crippen LogP contribution in [0.3, 0.4) is 0 Å². The van der Waals surface area contributed by atoms with E-state index in [9.17, 15) is 87.9 Å². The summed E-state index contributed by atoms with van der Waals surface area (Å²) in [4.78, 5) is 211. The van der Waals surface area contributed by atoms with Gasteiger partial charge in [0.15, 0.2) is 0 Å². The number of phenolic OH excluding ortho intramolecular Hbond substituents is 1. The normalized spacial score (nSPS) is 24.6. The number of aliphatic hydroxyl groups excluding tert-OH is 2. The number of carbonyl (C=O) groups is 15. The third kappa shape index (κ3) is 29.4. The smallest absolute Gasteiger partial charge is 0.326 e. The Morgan fingerprint density at radius 2 is 1.00 bits per heavy atom. The van der Waals surface area contributed by atoms with Gasteiger partial charge in [-0.3, -0.25) is 67.1 Å². The third-order valence-electron chi connectivity index (χ3n) is 18.2. The zero-order valence-corrected chi connectivity index (χ0v) is 63.1. The number of aromatic nitrogens is 1. The Kier molecular flexibility index (Phi) is 36.4. The van der Waals surface area contributed by atoms with Crippen molar-refractivity contribution in [1.82, 2.24) is 74.1 Å². The maximum Gasteiger partial charge on any atom is 0.326 e. The average molecular weight is 1540 g/mol. The maximum absolute atomic E-state index is 15.2. The van der Waals surface area contributed by atoms with Crippen LogP contribution in [0, 0.1) is 11.8 Å². The molecule has 0 spiro atoms. The lowest BCUT2D eigenvalue weighted by molar-refractivity contribution is -0.143. The number of H-pyrrole nitrogens is 1. The highest BCUT2D eigenvalue weighted by molar-refractivity contribution is 7.98. The molecule has 19 N–H and O–H groups in total. The van der Waals surface area contributed by atoms with Crippen LogP contribution in [-0.4, -0.2) is 223 Å². The van der Waals surface area contributed by atoms with E-state index in [2.05, 4.69) is 74.1 Å². The van der Waals surface area contributed by atoms with Crippen molar-refractivity contribution in [2.24, 2.45) is 11.8 Å². The summed E-state index contributed by atoms with van der Waals surface area (Å²) >= 11 is 1.37. The molecule has 0 saturated carbocycles. The quantitative estimate of drug-likeness (QED) is 0.0568. The second-order valence-corrected chi connectivity index (χ2v) is 28.3. The van der Waals surface area contributed by atoms with Crippen LogP contribution in [0.25, 0.3) is 10.9 Å². The molecular weight excluding hydrogens is 1440 g/mol. The Hall–Kier alpha value is -10.7. The summed E-state index contributed by atoms with van der Waals surface area (Å²) < 4.78 is 0. The van der Waals surface area contributed by atoms with Crippen molar-refractivity contribution in [3.05, 3.63) is 102 Å². The van der Waals surface area contributed by atoms with Crippen LogP contribution in [-0.2, 0) is 91.2 Å². The van der Waals surface area contributed by atoms with Gasteiger partial charge in [-0.05, 0) is 118 Å². The summed E-state index contributed by atoms with van der Waals surface area (Å²) in [6.45, 7) is 9.32. The Bertz CT molecular complexity index is 3800. The lowest BCUT2D eigenvalue weighted by atomic mass is 9.96. The molecule has 596 valence electrons. The topological polar surface area (TPSA) is 529 Å². The van der Waals surface area contributed by atoms with Gasteiger partial charge in [-0.25, -0.2) is 4.79 Å². The highest BCUT2D eigenvalue weighted by Crippen LogP contribution is 2.21. The van der Waals surface area contributed by atoms with Crippen LogP contribution in [0.15, 0.2) is 85.1 Å². The molecule has 35 heteroatoms. The first kappa shape index (κ1) is 88.9. The van der Waals surface area contributed by atoms with Gasteiger partial charge in [-0.2, -0.15) is 11.8 Å². The molecule has 13 amide bonds. The predicted molar refractivity (Wildman–Crippen MR) is 400 cm³/mol. The Morgan fingerprint density at radius 3 is 1.61 bits per heavy atom. The lowest BCUT2D eigenvalue weighted by Crippen LogP contribution is -2.63. The van der Waals surface area contributed by atoms with Gasteiger partial charge < -0.3 is 99.6 Å². The van der Waals surface area contributed by atoms with E-state index in [4.69, 9.17) is 0 Å². The number of carbonyl (C=O) groups excluding carboxylic acids is 13. The van der Waals surface area contributed by atoms with Gasteiger partial charge >= 0.3 is 11.9 Å². The predicted octanol–water partition coefficient (Wildman–Crippen LogP) is -0.993. The minimum atomic E-state index is -1.84. The minimum absolute atomic E-state index is 0.0288. The van der Waals surface area contributed by atoms with Crippen LogP contribution < -0.4 is 69.1 Å². The Balaban J connectivity index is 1.54. The van der Waals surface area contributed by atoms with Gasteiger partial charge in [0.1, 0.15) is 72.2 Å². The molecule has 2 heterocycles. The fourth-order valence-corrected chi connectivity index (χ4v) is 12.2. The molecule has 4 aromatic rings. The van der Waals surface area contributed by atoms with Crippen molar-refractivity contribution in [1.29, 1.82) is 0 Å². The fourth-order valence-electron chi connectivity index (χ4n) is 11.7. The third-order valence-corrected chi connectivity index (χ3v) is 18.9. The number of para-hydroxylation sites is 1. The van der Waals surface area contributed by atoms with Gasteiger partial charge in [0.05, 0.1) is 18.8 Å². The molecule has 1 saturated heterocycles. The second-order valence-electron chi connectivity index (χ2n) is 27.4. The molecular formula is C74H104N14O20S. The van der Waals surface area contributed by atoms with Crippen LogP contribution in [0.5, 0.6) is 5.75 Å². The molecule has 0 aliphatic carbocycles. The summed E-state index contributed by atoms with van der Waals surface area (Å²) in [5.74, 6) is -16.1. The molecule has 109 heavy (non-hydrogen) atoms. The van der Waals surface area contributed by atoms with E-state index in [0.29, 0.717) is 33.3 Å². The molecule has 34 nitrogen and oxygen atoms in total. The number of aliphatic hydroxyl groups is 2. The van der Waals surface area contributed by atoms with E-state index >= 15 is 9.59 Å². The highest BCUT2D eigenvalue weighted by Gasteiger charge is 2.39. The number of amides is 13. The van der Waals surface area contributed by atoms with E-state index in [-0.39, 0.29) is 82.9 Å². The van der Waals surface area contributed by atoms with E-state index in [1.165, 1.54) is 49.9 Å². The summed E-state index contributed by atoms with van der Waals surface area (Å²) in [5.41, 5.74) is 1.90. The first-order chi connectivity index (χ1) is 51.7. The van der Waals surface area contributed by atoms with Crippen molar-refractivity contribution < 1.29 is 97.5 Å². The summed E-state index contributed by atoms with van der Waals surface area (Å²) in [7, 11) is 0. The van der Waals surface area contributed by atoms with Crippen LogP contribution in [0.4, 0.5) is 0 Å². The van der Waals surface area contributed by atoms with Crippen molar-refractivity contribution in [3.8, 4) is 5.75 Å². The monoisotopic (exact) mass is 1540 g/mol. The SMILES string of the molecule is CCC(C)C1NC(=O)C(CCSC)NC(=O)CCCC(=O)NCCCCC(C(=O)O)NC(=O)C(C(C)O)NC(=O)CNC(=O)C(C)NC(=O)C(C(C)C)NC(=O)C(Cc2ccccc2)NC(=O)C(CCC(=O)O)NC(=O)C(Cc2ccc(O)cc2)NC(=O)C(Cc2c[nH]c3ccccc23)NC(=O)C(C(C)O)NC1=O. The van der Waals surface area contributed by atoms with Gasteiger partial charge in [0.25, 0.3) is 0 Å². The van der Waals surface area contributed by atoms with E-state index in [0.717, 1.165) is 6.92 Å². The summed E-state index contributed by atoms with van der Waals surface area (Å²) in [6, 6.07) is 3.34. The van der Waals surface area contributed by atoms with Crippen LogP contribution >= 0.6 is 11.8 Å². The molecule has 0 radical (unpaired) electrons. The zero-order chi connectivity index (χ0) is 80.6. The van der Waals surface area contributed by atoms with Gasteiger partial charge in [0, 0.05) is 62.2 Å². The van der Waals surface area contributed by atoms with Crippen LogP contribution in [0.1, 0.15) is 129 Å². The van der Waals surface area contributed by atoms with Crippen LogP contribution in [0.2, 0.25) is 0 Å². The van der Waals surface area contributed by atoms with E-state index in [1.807, 2.05) is 0 Å². The van der Waals surface area contributed by atoms with E-state index in [1.54, 1.807) is 94.7 Å². The maximum atomic E-state index is 15.2. The largest absolute Gasteiger partial charge is 0.508 e. The molecule has 5 rings (SSSR count). The summed E-state index contributed by atoms with van der Waals surface area (Å²) in [5, 5.41) is 85.6. The number of carboxylic acid groups (broad SMARTS) is 2. The first-order valence-corrected chi connectivity index (χ1v) is 37.6. The van der Waals surface area contributed by atoms with E-state index < -0.39 is 199 Å². The number of aliphatic carboxylic acids is 2. The molecule has 14 atom stereocenters. The average Bonchev–Trinajstić information content (AvgIpc) is 1.77. The number of rotatable bonds is 18. The highest BCUT2D eigenvalue weighted by atomic mass is 32.2. The Labute approximate surface area is 635 Å². The van der Waals surface area contributed by atoms with Crippen molar-refractivity contribution in [2.45, 2.75) is 211 Å².